The summed E-state index contributed by atoms with van der Waals surface area (Å²) in [5.74, 6) is -4.46. The van der Waals surface area contributed by atoms with Crippen LogP contribution in [0.5, 0.6) is 0 Å². The maximum Gasteiger partial charge on any atom is 0.261 e. The lowest BCUT2D eigenvalue weighted by Gasteiger charge is -2.34. The van der Waals surface area contributed by atoms with Crippen LogP contribution < -0.4 is 5.32 Å². The zero-order valence-electron chi connectivity index (χ0n) is 15.1. The van der Waals surface area contributed by atoms with Crippen LogP contribution in [0.2, 0.25) is 0 Å². The molecule has 2 atom stereocenters. The van der Waals surface area contributed by atoms with Crippen molar-refractivity contribution in [2.45, 2.75) is 36.0 Å². The second kappa shape index (κ2) is 8.35. The van der Waals surface area contributed by atoms with E-state index in [0.29, 0.717) is 29.1 Å². The van der Waals surface area contributed by atoms with Crippen LogP contribution in [-0.2, 0) is 0 Å². The number of thioether (sulfide) groups is 1. The van der Waals surface area contributed by atoms with Crippen molar-refractivity contribution in [3.63, 3.8) is 0 Å². The molecule has 1 aliphatic heterocycles. The number of nitrogens with zero attached hydrogens (tertiary/aromatic N) is 1. The normalized spacial score (nSPS) is 20.5. The van der Waals surface area contributed by atoms with E-state index in [4.69, 9.17) is 0 Å². The average Bonchev–Trinajstić information content (AvgIpc) is 2.57. The van der Waals surface area contributed by atoms with Crippen molar-refractivity contribution in [3.8, 4) is 0 Å². The highest BCUT2D eigenvalue weighted by atomic mass is 32.2. The summed E-state index contributed by atoms with van der Waals surface area (Å²) in [6.07, 6.45) is 2.15. The van der Waals surface area contributed by atoms with Crippen LogP contribution in [0.3, 0.4) is 0 Å². The number of rotatable bonds is 4. The molecule has 1 N–H and O–H groups in total. The van der Waals surface area contributed by atoms with Gasteiger partial charge in [0.2, 0.25) is 0 Å². The lowest BCUT2D eigenvalue weighted by molar-refractivity contribution is 0.101. The van der Waals surface area contributed by atoms with E-state index in [1.807, 2.05) is 6.07 Å². The summed E-state index contributed by atoms with van der Waals surface area (Å²) in [4.78, 5) is 15.5. The standard InChI is InChI=1S/C20H21F3N2OS/c1-12-8-16(6-7-25(12)2)27-15-5-3-4-14(11-15)24-20(26)19-17(22)9-13(21)10-18(19)23/h3-5,9-12,16H,6-8H2,1-2H3,(H,24,26). The minimum absolute atomic E-state index is 0.439. The predicted octanol–water partition coefficient (Wildman–Crippen LogP) is 4.93. The van der Waals surface area contributed by atoms with Crippen LogP contribution in [0.25, 0.3) is 0 Å². The Kier molecular flexibility index (Phi) is 6.11. The van der Waals surface area contributed by atoms with E-state index < -0.39 is 28.9 Å². The van der Waals surface area contributed by atoms with Crippen LogP contribution in [0, 0.1) is 17.5 Å². The SMILES string of the molecule is CC1CC(Sc2cccc(NC(=O)c3c(F)cc(F)cc3F)c2)CCN1C. The first-order chi connectivity index (χ1) is 12.8. The third-order valence-corrected chi connectivity index (χ3v) is 6.08. The predicted molar refractivity (Wildman–Crippen MR) is 102 cm³/mol. The Morgan fingerprint density at radius 1 is 1.19 bits per heavy atom. The molecule has 2 aromatic rings. The molecular weight excluding hydrogens is 373 g/mol. The average molecular weight is 394 g/mol. The van der Waals surface area contributed by atoms with Gasteiger partial charge in [-0.1, -0.05) is 6.07 Å². The minimum atomic E-state index is -1.23. The van der Waals surface area contributed by atoms with Crippen molar-refractivity contribution in [2.75, 3.05) is 18.9 Å². The molecule has 7 heteroatoms. The van der Waals surface area contributed by atoms with Crippen molar-refractivity contribution in [1.82, 2.24) is 4.90 Å². The fourth-order valence-corrected chi connectivity index (χ4v) is 4.48. The fraction of sp³-hybridized carbons (Fsp3) is 0.350. The quantitative estimate of drug-likeness (QED) is 0.798. The minimum Gasteiger partial charge on any atom is -0.322 e. The summed E-state index contributed by atoms with van der Waals surface area (Å²) < 4.78 is 40.6. The van der Waals surface area contributed by atoms with Gasteiger partial charge in [0.25, 0.3) is 5.91 Å². The lowest BCUT2D eigenvalue weighted by atomic mass is 10.0. The number of amides is 1. The van der Waals surface area contributed by atoms with E-state index in [0.717, 1.165) is 24.3 Å². The molecule has 2 unspecified atom stereocenters. The Bertz CT molecular complexity index is 823. The van der Waals surface area contributed by atoms with E-state index in [9.17, 15) is 18.0 Å². The van der Waals surface area contributed by atoms with Crippen LogP contribution in [0.15, 0.2) is 41.3 Å². The molecule has 0 bridgehead atoms. The van der Waals surface area contributed by atoms with Gasteiger partial charge >= 0.3 is 0 Å². The summed E-state index contributed by atoms with van der Waals surface area (Å²) in [6, 6.07) is 8.67. The van der Waals surface area contributed by atoms with E-state index in [-0.39, 0.29) is 0 Å². The van der Waals surface area contributed by atoms with Gasteiger partial charge in [0.1, 0.15) is 23.0 Å². The number of piperidine rings is 1. The molecule has 1 aliphatic rings. The number of nitrogens with one attached hydrogen (secondary N) is 1. The summed E-state index contributed by atoms with van der Waals surface area (Å²) >= 11 is 1.74. The molecule has 1 heterocycles. The zero-order valence-corrected chi connectivity index (χ0v) is 16.0. The van der Waals surface area contributed by atoms with Gasteiger partial charge in [0.05, 0.1) is 0 Å². The Labute approximate surface area is 160 Å². The van der Waals surface area contributed by atoms with E-state index in [1.54, 1.807) is 30.0 Å². The molecule has 0 saturated carbocycles. The van der Waals surface area contributed by atoms with Crippen molar-refractivity contribution >= 4 is 23.4 Å². The number of benzene rings is 2. The van der Waals surface area contributed by atoms with Gasteiger partial charge in [-0.3, -0.25) is 4.79 Å². The summed E-state index contributed by atoms with van der Waals surface area (Å²) in [5, 5.41) is 2.97. The topological polar surface area (TPSA) is 32.3 Å². The van der Waals surface area contributed by atoms with Gasteiger partial charge in [-0.05, 0) is 51.6 Å². The molecule has 0 spiro atoms. The molecule has 1 amide bonds. The van der Waals surface area contributed by atoms with E-state index in [1.165, 1.54) is 0 Å². The Morgan fingerprint density at radius 2 is 1.89 bits per heavy atom. The van der Waals surface area contributed by atoms with Crippen LogP contribution in [-0.4, -0.2) is 35.7 Å². The van der Waals surface area contributed by atoms with Crippen LogP contribution in [0.1, 0.15) is 30.1 Å². The molecule has 27 heavy (non-hydrogen) atoms. The van der Waals surface area contributed by atoms with Crippen molar-refractivity contribution in [2.24, 2.45) is 0 Å². The monoisotopic (exact) mass is 394 g/mol. The highest BCUT2D eigenvalue weighted by Crippen LogP contribution is 2.33. The zero-order chi connectivity index (χ0) is 19.6. The van der Waals surface area contributed by atoms with Crippen molar-refractivity contribution < 1.29 is 18.0 Å². The summed E-state index contributed by atoms with van der Waals surface area (Å²) in [5.41, 5.74) is -0.354. The molecule has 144 valence electrons. The number of likely N-dealkylation sites (tertiary alicyclic amines) is 1. The van der Waals surface area contributed by atoms with Crippen molar-refractivity contribution in [1.29, 1.82) is 0 Å². The largest absolute Gasteiger partial charge is 0.322 e. The third-order valence-electron chi connectivity index (χ3n) is 4.79. The van der Waals surface area contributed by atoms with Gasteiger partial charge < -0.3 is 10.2 Å². The molecular formula is C20H21F3N2OS. The first kappa shape index (κ1) is 19.8. The van der Waals surface area contributed by atoms with Crippen LogP contribution in [0.4, 0.5) is 18.9 Å². The molecule has 0 aliphatic carbocycles. The highest BCUT2D eigenvalue weighted by molar-refractivity contribution is 8.00. The van der Waals surface area contributed by atoms with Gasteiger partial charge in [-0.25, -0.2) is 13.2 Å². The molecule has 0 radical (unpaired) electrons. The number of hydrogen-bond donors (Lipinski definition) is 1. The van der Waals surface area contributed by atoms with Gasteiger partial charge in [0, 0.05) is 34.0 Å². The number of carbonyl (C=O) groups is 1. The second-order valence-corrected chi connectivity index (χ2v) is 8.19. The molecule has 3 nitrogen and oxygen atoms in total. The number of hydrogen-bond acceptors (Lipinski definition) is 3. The number of halogens is 3. The molecule has 1 fully saturated rings. The summed E-state index contributed by atoms with van der Waals surface area (Å²) in [6.45, 7) is 3.24. The Balaban J connectivity index is 1.70. The lowest BCUT2D eigenvalue weighted by Crippen LogP contribution is -2.38. The maximum atomic E-state index is 13.8. The van der Waals surface area contributed by atoms with Gasteiger partial charge in [0.15, 0.2) is 0 Å². The first-order valence-electron chi connectivity index (χ1n) is 8.76. The Morgan fingerprint density at radius 3 is 2.56 bits per heavy atom. The van der Waals surface area contributed by atoms with E-state index >= 15 is 0 Å². The number of carbonyl (C=O) groups excluding carboxylic acids is 1. The third kappa shape index (κ3) is 4.84. The molecule has 1 saturated heterocycles. The fourth-order valence-electron chi connectivity index (χ4n) is 3.15. The van der Waals surface area contributed by atoms with Crippen LogP contribution >= 0.6 is 11.8 Å². The highest BCUT2D eigenvalue weighted by Gasteiger charge is 2.24. The Hall–Kier alpha value is -1.99. The smallest absolute Gasteiger partial charge is 0.261 e. The maximum absolute atomic E-state index is 13.8. The van der Waals surface area contributed by atoms with Gasteiger partial charge in [-0.15, -0.1) is 11.8 Å². The molecule has 0 aromatic heterocycles. The summed E-state index contributed by atoms with van der Waals surface area (Å²) in [7, 11) is 2.12. The molecule has 2 aromatic carbocycles. The second-order valence-electron chi connectivity index (χ2n) is 6.82. The van der Waals surface area contributed by atoms with Crippen molar-refractivity contribution in [3.05, 3.63) is 59.4 Å². The first-order valence-corrected chi connectivity index (χ1v) is 9.64. The van der Waals surface area contributed by atoms with Gasteiger partial charge in [-0.2, -0.15) is 0 Å². The van der Waals surface area contributed by atoms with E-state index in [2.05, 4.69) is 24.2 Å². The number of anilines is 1. The molecule has 3 rings (SSSR count).